The number of hydrogen-bond donors (Lipinski definition) is 2. The van der Waals surface area contributed by atoms with E-state index in [1.54, 1.807) is 18.9 Å². The first-order chi connectivity index (χ1) is 8.27. The van der Waals surface area contributed by atoms with Crippen molar-refractivity contribution >= 4 is 27.7 Å². The number of aliphatic hydroxyl groups excluding tert-OH is 1. The summed E-state index contributed by atoms with van der Waals surface area (Å²) < 4.78 is 6.05. The molecule has 0 fully saturated rings. The number of hydrogen-bond acceptors (Lipinski definition) is 4. The number of nitrogens with one attached hydrogen (secondary N) is 1. The van der Waals surface area contributed by atoms with Crippen molar-refractivity contribution in [1.82, 2.24) is 5.32 Å². The van der Waals surface area contributed by atoms with Crippen LogP contribution in [0.15, 0.2) is 27.6 Å². The highest BCUT2D eigenvalue weighted by Crippen LogP contribution is 2.26. The predicted octanol–water partition coefficient (Wildman–Crippen LogP) is 2.27. The Morgan fingerprint density at radius 1 is 1.47 bits per heavy atom. The van der Waals surface area contributed by atoms with Crippen LogP contribution in [0.2, 0.25) is 0 Å². The maximum Gasteiger partial charge on any atom is 0.0587 e. The van der Waals surface area contributed by atoms with Gasteiger partial charge in [-0.1, -0.05) is 22.0 Å². The number of ether oxygens (including phenoxy) is 1. The molecule has 3 nitrogen and oxygen atoms in total. The Morgan fingerprint density at radius 2 is 2.29 bits per heavy atom. The van der Waals surface area contributed by atoms with Crippen molar-refractivity contribution in [1.29, 1.82) is 0 Å². The van der Waals surface area contributed by atoms with Crippen LogP contribution in [0.5, 0.6) is 0 Å². The fraction of sp³-hybridized carbons (Fsp3) is 0.500. The van der Waals surface area contributed by atoms with E-state index in [0.29, 0.717) is 0 Å². The summed E-state index contributed by atoms with van der Waals surface area (Å²) in [5.41, 5.74) is 1.25. The third kappa shape index (κ3) is 5.88. The van der Waals surface area contributed by atoms with Crippen molar-refractivity contribution in [3.05, 3.63) is 28.2 Å². The SMILES string of the molecule is COCCNCc1ccc(Br)cc1SCCO. The molecular weight excluding hydrogens is 302 g/mol. The van der Waals surface area contributed by atoms with Crippen LogP contribution in [0.1, 0.15) is 5.56 Å². The maximum absolute atomic E-state index is 8.87. The van der Waals surface area contributed by atoms with Gasteiger partial charge in [-0.15, -0.1) is 11.8 Å². The zero-order chi connectivity index (χ0) is 12.5. The molecule has 1 aromatic carbocycles. The summed E-state index contributed by atoms with van der Waals surface area (Å²) in [6, 6.07) is 6.23. The highest BCUT2D eigenvalue weighted by Gasteiger charge is 2.03. The van der Waals surface area contributed by atoms with Gasteiger partial charge in [0.25, 0.3) is 0 Å². The zero-order valence-corrected chi connectivity index (χ0v) is 12.3. The van der Waals surface area contributed by atoms with Gasteiger partial charge in [-0.2, -0.15) is 0 Å². The predicted molar refractivity (Wildman–Crippen MR) is 75.5 cm³/mol. The Balaban J connectivity index is 2.55. The second-order valence-corrected chi connectivity index (χ2v) is 5.55. The van der Waals surface area contributed by atoms with Crippen molar-refractivity contribution in [2.24, 2.45) is 0 Å². The lowest BCUT2D eigenvalue weighted by molar-refractivity contribution is 0.199. The summed E-state index contributed by atoms with van der Waals surface area (Å²) in [5.74, 6) is 0.724. The lowest BCUT2D eigenvalue weighted by Crippen LogP contribution is -2.18. The highest BCUT2D eigenvalue weighted by molar-refractivity contribution is 9.10. The Bertz CT molecular complexity index is 336. The van der Waals surface area contributed by atoms with Crippen LogP contribution in [0, 0.1) is 0 Å². The third-order valence-corrected chi connectivity index (χ3v) is 3.75. The molecule has 0 saturated heterocycles. The van der Waals surface area contributed by atoms with E-state index in [4.69, 9.17) is 9.84 Å². The average molecular weight is 320 g/mol. The second kappa shape index (κ2) is 8.94. The van der Waals surface area contributed by atoms with E-state index < -0.39 is 0 Å². The molecule has 1 aromatic rings. The molecule has 0 saturated carbocycles. The van der Waals surface area contributed by atoms with Gasteiger partial charge in [0, 0.05) is 35.3 Å². The summed E-state index contributed by atoms with van der Waals surface area (Å²) in [5, 5.41) is 12.2. The number of methoxy groups -OCH3 is 1. The fourth-order valence-electron chi connectivity index (χ4n) is 1.36. The summed E-state index contributed by atoms with van der Waals surface area (Å²) in [7, 11) is 1.70. The highest BCUT2D eigenvalue weighted by atomic mass is 79.9. The van der Waals surface area contributed by atoms with Crippen LogP contribution < -0.4 is 5.32 Å². The summed E-state index contributed by atoms with van der Waals surface area (Å²) in [4.78, 5) is 1.21. The van der Waals surface area contributed by atoms with Gasteiger partial charge in [0.05, 0.1) is 13.2 Å². The van der Waals surface area contributed by atoms with Crippen molar-refractivity contribution in [3.63, 3.8) is 0 Å². The fourth-order valence-corrected chi connectivity index (χ4v) is 2.72. The topological polar surface area (TPSA) is 41.5 Å². The Kier molecular flexibility index (Phi) is 7.88. The first-order valence-corrected chi connectivity index (χ1v) is 7.27. The number of benzene rings is 1. The molecule has 2 N–H and O–H groups in total. The molecule has 0 spiro atoms. The van der Waals surface area contributed by atoms with Gasteiger partial charge in [0.2, 0.25) is 0 Å². The minimum atomic E-state index is 0.202. The van der Waals surface area contributed by atoms with Crippen LogP contribution in [-0.4, -0.2) is 37.7 Å². The quantitative estimate of drug-likeness (QED) is 0.570. The first-order valence-electron chi connectivity index (χ1n) is 5.49. The van der Waals surface area contributed by atoms with E-state index in [9.17, 15) is 0 Å². The Morgan fingerprint density at radius 3 is 3.00 bits per heavy atom. The van der Waals surface area contributed by atoms with Crippen LogP contribution in [0.3, 0.4) is 0 Å². The van der Waals surface area contributed by atoms with Crippen molar-refractivity contribution in [2.75, 3.05) is 32.6 Å². The van der Waals surface area contributed by atoms with Crippen LogP contribution in [0.25, 0.3) is 0 Å². The van der Waals surface area contributed by atoms with E-state index in [0.717, 1.165) is 29.9 Å². The third-order valence-electron chi connectivity index (χ3n) is 2.18. The van der Waals surface area contributed by atoms with Crippen LogP contribution >= 0.6 is 27.7 Å². The molecule has 0 amide bonds. The molecule has 17 heavy (non-hydrogen) atoms. The smallest absolute Gasteiger partial charge is 0.0587 e. The average Bonchev–Trinajstić information content (AvgIpc) is 2.34. The molecule has 0 heterocycles. The van der Waals surface area contributed by atoms with E-state index in [2.05, 4.69) is 33.4 Å². The standard InChI is InChI=1S/C12H18BrNO2S/c1-16-6-4-14-9-10-2-3-11(13)8-12(10)17-7-5-15/h2-3,8,14-15H,4-7,9H2,1H3. The lowest BCUT2D eigenvalue weighted by atomic mass is 10.2. The van der Waals surface area contributed by atoms with Gasteiger partial charge in [-0.25, -0.2) is 0 Å². The Hall–Kier alpha value is -0.0700. The van der Waals surface area contributed by atoms with E-state index in [-0.39, 0.29) is 6.61 Å². The number of rotatable bonds is 8. The molecule has 5 heteroatoms. The monoisotopic (exact) mass is 319 g/mol. The molecular formula is C12H18BrNO2S. The van der Waals surface area contributed by atoms with Gasteiger partial charge in [-0.3, -0.25) is 0 Å². The maximum atomic E-state index is 8.87. The molecule has 0 radical (unpaired) electrons. The molecule has 96 valence electrons. The molecule has 0 aliphatic rings. The minimum absolute atomic E-state index is 0.202. The number of halogens is 1. The summed E-state index contributed by atoms with van der Waals surface area (Å²) in [6.07, 6.45) is 0. The van der Waals surface area contributed by atoms with Gasteiger partial charge in [0.1, 0.15) is 0 Å². The molecule has 0 aromatic heterocycles. The van der Waals surface area contributed by atoms with Gasteiger partial charge in [-0.05, 0) is 17.7 Å². The molecule has 0 aliphatic carbocycles. The van der Waals surface area contributed by atoms with Gasteiger partial charge < -0.3 is 15.2 Å². The molecule has 0 bridgehead atoms. The first kappa shape index (κ1) is 15.0. The lowest BCUT2D eigenvalue weighted by Gasteiger charge is -2.10. The van der Waals surface area contributed by atoms with Crippen molar-refractivity contribution < 1.29 is 9.84 Å². The van der Waals surface area contributed by atoms with Gasteiger partial charge in [0.15, 0.2) is 0 Å². The summed E-state index contributed by atoms with van der Waals surface area (Å²) in [6.45, 7) is 2.59. The summed E-state index contributed by atoms with van der Waals surface area (Å²) >= 11 is 5.14. The minimum Gasteiger partial charge on any atom is -0.396 e. The second-order valence-electron chi connectivity index (χ2n) is 3.49. The normalized spacial score (nSPS) is 10.8. The number of aliphatic hydroxyl groups is 1. The van der Waals surface area contributed by atoms with Crippen LogP contribution in [-0.2, 0) is 11.3 Å². The van der Waals surface area contributed by atoms with Gasteiger partial charge >= 0.3 is 0 Å². The zero-order valence-electron chi connectivity index (χ0n) is 9.91. The molecule has 0 aliphatic heterocycles. The van der Waals surface area contributed by atoms with E-state index >= 15 is 0 Å². The van der Waals surface area contributed by atoms with Crippen molar-refractivity contribution in [3.8, 4) is 0 Å². The van der Waals surface area contributed by atoms with Crippen molar-refractivity contribution in [2.45, 2.75) is 11.4 Å². The number of thioether (sulfide) groups is 1. The molecule has 1 rings (SSSR count). The van der Waals surface area contributed by atoms with E-state index in [1.807, 2.05) is 6.07 Å². The van der Waals surface area contributed by atoms with E-state index in [1.165, 1.54) is 10.5 Å². The van der Waals surface area contributed by atoms with Crippen LogP contribution in [0.4, 0.5) is 0 Å². The molecule has 0 unspecified atom stereocenters. The Labute approximate surface area is 115 Å². The molecule has 0 atom stereocenters. The largest absolute Gasteiger partial charge is 0.396 e.